The monoisotopic (exact) mass is 327 g/mol. The van der Waals surface area contributed by atoms with E-state index in [1.807, 2.05) is 13.8 Å². The summed E-state index contributed by atoms with van der Waals surface area (Å²) in [5, 5.41) is 1.13. The van der Waals surface area contributed by atoms with E-state index in [1.165, 1.54) is 23.5 Å². The first kappa shape index (κ1) is 14.8. The van der Waals surface area contributed by atoms with Crippen molar-refractivity contribution in [3.8, 4) is 0 Å². The molecule has 1 aliphatic rings. The Morgan fingerprint density at radius 3 is 2.71 bits per heavy atom. The molecule has 3 rings (SSSR count). The molecule has 0 spiro atoms. The zero-order valence-electron chi connectivity index (χ0n) is 11.7. The van der Waals surface area contributed by atoms with E-state index in [0.29, 0.717) is 27.7 Å². The van der Waals surface area contributed by atoms with Crippen LogP contribution in [0.15, 0.2) is 18.2 Å². The second-order valence-corrected chi connectivity index (χ2v) is 6.78. The van der Waals surface area contributed by atoms with Crippen molar-refractivity contribution in [2.24, 2.45) is 0 Å². The molecule has 112 valence electrons. The molecule has 3 nitrogen and oxygen atoms in total. The molecule has 6 heteroatoms. The van der Waals surface area contributed by atoms with E-state index in [-0.39, 0.29) is 23.9 Å². The van der Waals surface area contributed by atoms with Crippen LogP contribution in [-0.2, 0) is 4.74 Å². The van der Waals surface area contributed by atoms with Crippen molar-refractivity contribution < 1.29 is 13.9 Å². The summed E-state index contributed by atoms with van der Waals surface area (Å²) in [5.41, 5.74) is 0. The number of carbonyl (C=O) groups is 1. The van der Waals surface area contributed by atoms with Crippen molar-refractivity contribution >= 4 is 38.9 Å². The highest BCUT2D eigenvalue weighted by atomic mass is 35.5. The van der Waals surface area contributed by atoms with Gasteiger partial charge in [-0.1, -0.05) is 11.6 Å². The quantitative estimate of drug-likeness (QED) is 0.794. The molecule has 1 saturated heterocycles. The molecule has 0 saturated carbocycles. The summed E-state index contributed by atoms with van der Waals surface area (Å²) in [6, 6.07) is 4.38. The lowest BCUT2D eigenvalue weighted by molar-refractivity contribution is -0.0584. The fourth-order valence-corrected chi connectivity index (χ4v) is 4.17. The lowest BCUT2D eigenvalue weighted by atomic mass is 10.2. The normalized spacial score (nSPS) is 22.8. The third kappa shape index (κ3) is 2.78. The lowest BCUT2D eigenvalue weighted by Gasteiger charge is -2.35. The van der Waals surface area contributed by atoms with E-state index >= 15 is 0 Å². The van der Waals surface area contributed by atoms with Gasteiger partial charge in [-0.2, -0.15) is 0 Å². The molecule has 1 aliphatic heterocycles. The molecule has 2 heterocycles. The minimum absolute atomic E-state index is 0.00305. The molecule has 21 heavy (non-hydrogen) atoms. The van der Waals surface area contributed by atoms with Crippen LogP contribution >= 0.6 is 22.9 Å². The Kier molecular flexibility index (Phi) is 3.90. The van der Waals surface area contributed by atoms with Crippen LogP contribution in [0.5, 0.6) is 0 Å². The molecule has 0 N–H and O–H groups in total. The number of morpholine rings is 1. The average Bonchev–Trinajstić information content (AvgIpc) is 2.73. The van der Waals surface area contributed by atoms with Crippen molar-refractivity contribution in [3.63, 3.8) is 0 Å². The summed E-state index contributed by atoms with van der Waals surface area (Å²) in [5.74, 6) is -0.434. The van der Waals surface area contributed by atoms with Gasteiger partial charge in [-0.15, -0.1) is 11.3 Å². The summed E-state index contributed by atoms with van der Waals surface area (Å²) >= 11 is 7.54. The van der Waals surface area contributed by atoms with Crippen molar-refractivity contribution in [3.05, 3.63) is 33.9 Å². The van der Waals surface area contributed by atoms with Gasteiger partial charge in [0.15, 0.2) is 0 Å². The molecule has 1 aromatic carbocycles. The first-order valence-corrected chi connectivity index (χ1v) is 7.97. The first-order valence-electron chi connectivity index (χ1n) is 6.78. The van der Waals surface area contributed by atoms with Gasteiger partial charge >= 0.3 is 0 Å². The summed E-state index contributed by atoms with van der Waals surface area (Å²) < 4.78 is 19.6. The van der Waals surface area contributed by atoms with E-state index in [4.69, 9.17) is 16.3 Å². The Labute approximate surface area is 131 Å². The first-order chi connectivity index (χ1) is 9.95. The molecule has 1 amide bonds. The van der Waals surface area contributed by atoms with E-state index in [9.17, 15) is 9.18 Å². The van der Waals surface area contributed by atoms with E-state index in [1.54, 1.807) is 11.0 Å². The van der Waals surface area contributed by atoms with Crippen LogP contribution in [0.3, 0.4) is 0 Å². The van der Waals surface area contributed by atoms with Crippen LogP contribution in [0.4, 0.5) is 4.39 Å². The van der Waals surface area contributed by atoms with Gasteiger partial charge in [-0.05, 0) is 32.0 Å². The van der Waals surface area contributed by atoms with Crippen molar-refractivity contribution in [1.82, 2.24) is 4.90 Å². The molecular formula is C15H15ClFNO2S. The number of hydrogen-bond acceptors (Lipinski definition) is 3. The number of ether oxygens (including phenoxy) is 1. The molecule has 0 unspecified atom stereocenters. The molecule has 2 atom stereocenters. The van der Waals surface area contributed by atoms with Gasteiger partial charge in [-0.3, -0.25) is 4.79 Å². The number of hydrogen-bond donors (Lipinski definition) is 0. The maximum Gasteiger partial charge on any atom is 0.265 e. The fourth-order valence-electron chi connectivity index (χ4n) is 2.66. The molecular weight excluding hydrogens is 313 g/mol. The predicted molar refractivity (Wildman–Crippen MR) is 82.7 cm³/mol. The molecule has 0 radical (unpaired) electrons. The van der Waals surface area contributed by atoms with Crippen molar-refractivity contribution in [1.29, 1.82) is 0 Å². The topological polar surface area (TPSA) is 29.5 Å². The second-order valence-electron chi connectivity index (χ2n) is 5.35. The smallest absolute Gasteiger partial charge is 0.265 e. The van der Waals surface area contributed by atoms with E-state index in [0.717, 1.165) is 5.39 Å². The standard InChI is InChI=1S/C15H15ClFNO2S/c1-8-6-18(7-9(2)20-8)15(19)14-13(16)11-4-3-10(17)5-12(11)21-14/h3-5,8-9H,6-7H2,1-2H3/t8-,9+. The maximum absolute atomic E-state index is 13.3. The van der Waals surface area contributed by atoms with Gasteiger partial charge in [0, 0.05) is 23.2 Å². The van der Waals surface area contributed by atoms with Gasteiger partial charge in [0.05, 0.1) is 17.2 Å². The Balaban J connectivity index is 1.96. The molecule has 1 aromatic heterocycles. The summed E-state index contributed by atoms with van der Waals surface area (Å²) in [6.07, 6.45) is 0.00611. The highest BCUT2D eigenvalue weighted by Gasteiger charge is 2.29. The Morgan fingerprint density at radius 1 is 1.38 bits per heavy atom. The van der Waals surface area contributed by atoms with Crippen LogP contribution in [0.25, 0.3) is 10.1 Å². The van der Waals surface area contributed by atoms with Crippen LogP contribution in [0.1, 0.15) is 23.5 Å². The fraction of sp³-hybridized carbons (Fsp3) is 0.400. The van der Waals surface area contributed by atoms with Crippen LogP contribution in [0.2, 0.25) is 5.02 Å². The Bertz CT molecular complexity index is 692. The number of carbonyl (C=O) groups excluding carboxylic acids is 1. The molecule has 0 aliphatic carbocycles. The van der Waals surface area contributed by atoms with Crippen LogP contribution < -0.4 is 0 Å². The summed E-state index contributed by atoms with van der Waals surface area (Å²) in [4.78, 5) is 14.9. The maximum atomic E-state index is 13.3. The minimum Gasteiger partial charge on any atom is -0.372 e. The lowest BCUT2D eigenvalue weighted by Crippen LogP contribution is -2.48. The van der Waals surface area contributed by atoms with Gasteiger partial charge in [0.2, 0.25) is 0 Å². The number of rotatable bonds is 1. The third-order valence-corrected chi connectivity index (χ3v) is 5.14. The largest absolute Gasteiger partial charge is 0.372 e. The Morgan fingerprint density at radius 2 is 2.05 bits per heavy atom. The summed E-state index contributed by atoms with van der Waals surface area (Å²) in [6.45, 7) is 4.97. The second kappa shape index (κ2) is 5.55. The molecule has 1 fully saturated rings. The van der Waals surface area contributed by atoms with E-state index < -0.39 is 0 Å². The summed E-state index contributed by atoms with van der Waals surface area (Å²) in [7, 11) is 0. The van der Waals surface area contributed by atoms with Gasteiger partial charge in [-0.25, -0.2) is 4.39 Å². The van der Waals surface area contributed by atoms with Gasteiger partial charge in [0.25, 0.3) is 5.91 Å². The average molecular weight is 328 g/mol. The van der Waals surface area contributed by atoms with Crippen LogP contribution in [-0.4, -0.2) is 36.1 Å². The molecule has 0 bridgehead atoms. The number of fused-ring (bicyclic) bond motifs is 1. The number of thiophene rings is 1. The van der Waals surface area contributed by atoms with Crippen molar-refractivity contribution in [2.75, 3.05) is 13.1 Å². The zero-order valence-corrected chi connectivity index (χ0v) is 13.3. The van der Waals surface area contributed by atoms with Crippen LogP contribution in [0, 0.1) is 5.82 Å². The number of benzene rings is 1. The van der Waals surface area contributed by atoms with E-state index in [2.05, 4.69) is 0 Å². The van der Waals surface area contributed by atoms with Gasteiger partial charge < -0.3 is 9.64 Å². The number of amides is 1. The molecule has 2 aromatic rings. The van der Waals surface area contributed by atoms with Crippen molar-refractivity contribution in [2.45, 2.75) is 26.1 Å². The number of nitrogens with zero attached hydrogens (tertiary/aromatic N) is 1. The Hall–Kier alpha value is -1.17. The van der Waals surface area contributed by atoms with Gasteiger partial charge in [0.1, 0.15) is 10.7 Å². The minimum atomic E-state index is -0.326. The number of halogens is 2. The zero-order chi connectivity index (χ0) is 15.1. The highest BCUT2D eigenvalue weighted by Crippen LogP contribution is 2.36. The SMILES string of the molecule is C[C@@H]1CN(C(=O)c2sc3cc(F)ccc3c2Cl)C[C@H](C)O1. The third-order valence-electron chi connectivity index (χ3n) is 3.49. The highest BCUT2D eigenvalue weighted by molar-refractivity contribution is 7.21. The predicted octanol–water partition coefficient (Wildman–Crippen LogP) is 3.94.